The van der Waals surface area contributed by atoms with Gasteiger partial charge in [0.2, 0.25) is 0 Å². The van der Waals surface area contributed by atoms with Crippen molar-refractivity contribution in [3.63, 3.8) is 0 Å². The van der Waals surface area contributed by atoms with Crippen LogP contribution in [0.25, 0.3) is 0 Å². The molecule has 96 valence electrons. The van der Waals surface area contributed by atoms with Gasteiger partial charge in [0.15, 0.2) is 0 Å². The number of methoxy groups -OCH3 is 1. The zero-order valence-corrected chi connectivity index (χ0v) is 11.2. The monoisotopic (exact) mass is 239 g/mol. The topological polar surface area (TPSA) is 56.1 Å². The van der Waals surface area contributed by atoms with Gasteiger partial charge in [-0.25, -0.2) is 4.98 Å². The SMILES string of the molecule is COc1nc(C)cc(=O)n1CCNC(C)(C)C. The molecule has 0 bridgehead atoms. The highest BCUT2D eigenvalue weighted by Crippen LogP contribution is 2.04. The molecule has 0 unspecified atom stereocenters. The number of ether oxygens (including phenoxy) is 1. The maximum absolute atomic E-state index is 11.8. The average molecular weight is 239 g/mol. The smallest absolute Gasteiger partial charge is 0.299 e. The molecule has 0 saturated carbocycles. The lowest BCUT2D eigenvalue weighted by molar-refractivity contribution is 0.334. The van der Waals surface area contributed by atoms with Gasteiger partial charge in [0.25, 0.3) is 11.6 Å². The van der Waals surface area contributed by atoms with Gasteiger partial charge in [-0.05, 0) is 27.7 Å². The first-order valence-corrected chi connectivity index (χ1v) is 5.71. The van der Waals surface area contributed by atoms with Crippen LogP contribution < -0.4 is 15.6 Å². The molecule has 1 N–H and O–H groups in total. The number of aromatic nitrogens is 2. The van der Waals surface area contributed by atoms with Gasteiger partial charge in [0.05, 0.1) is 7.11 Å². The molecule has 0 saturated heterocycles. The number of nitrogens with one attached hydrogen (secondary N) is 1. The molecule has 5 heteroatoms. The summed E-state index contributed by atoms with van der Waals surface area (Å²) >= 11 is 0. The molecule has 17 heavy (non-hydrogen) atoms. The lowest BCUT2D eigenvalue weighted by Gasteiger charge is -2.21. The summed E-state index contributed by atoms with van der Waals surface area (Å²) in [5.41, 5.74) is 0.631. The first kappa shape index (κ1) is 13.7. The Bertz CT molecular complexity index is 432. The Balaban J connectivity index is 2.80. The molecule has 0 aliphatic heterocycles. The van der Waals surface area contributed by atoms with Crippen molar-refractivity contribution < 1.29 is 4.74 Å². The summed E-state index contributed by atoms with van der Waals surface area (Å²) in [4.78, 5) is 16.0. The molecular weight excluding hydrogens is 218 g/mol. The molecule has 0 aliphatic carbocycles. The molecule has 0 aromatic carbocycles. The molecule has 1 aromatic heterocycles. The molecule has 0 aliphatic rings. The van der Waals surface area contributed by atoms with Crippen molar-refractivity contribution in [3.05, 3.63) is 22.1 Å². The van der Waals surface area contributed by atoms with Gasteiger partial charge >= 0.3 is 0 Å². The highest BCUT2D eigenvalue weighted by atomic mass is 16.5. The van der Waals surface area contributed by atoms with E-state index in [4.69, 9.17) is 4.74 Å². The first-order chi connectivity index (χ1) is 7.83. The Morgan fingerprint density at radius 1 is 1.47 bits per heavy atom. The van der Waals surface area contributed by atoms with Gasteiger partial charge in [0.1, 0.15) is 0 Å². The van der Waals surface area contributed by atoms with Crippen LogP contribution >= 0.6 is 0 Å². The molecule has 0 amide bonds. The van der Waals surface area contributed by atoms with Gasteiger partial charge in [0, 0.05) is 30.4 Å². The van der Waals surface area contributed by atoms with Gasteiger partial charge in [-0.1, -0.05) is 0 Å². The zero-order valence-electron chi connectivity index (χ0n) is 11.2. The van der Waals surface area contributed by atoms with E-state index in [9.17, 15) is 4.79 Å². The van der Waals surface area contributed by atoms with E-state index in [0.29, 0.717) is 24.8 Å². The first-order valence-electron chi connectivity index (χ1n) is 5.71. The van der Waals surface area contributed by atoms with E-state index < -0.39 is 0 Å². The lowest BCUT2D eigenvalue weighted by atomic mass is 10.1. The quantitative estimate of drug-likeness (QED) is 0.850. The summed E-state index contributed by atoms with van der Waals surface area (Å²) in [6, 6.07) is 1.88. The third-order valence-corrected chi connectivity index (χ3v) is 2.27. The fourth-order valence-corrected chi connectivity index (χ4v) is 1.50. The van der Waals surface area contributed by atoms with Gasteiger partial charge in [-0.3, -0.25) is 9.36 Å². The van der Waals surface area contributed by atoms with Crippen LogP contribution in [-0.2, 0) is 6.54 Å². The van der Waals surface area contributed by atoms with Crippen molar-refractivity contribution in [2.45, 2.75) is 39.8 Å². The fourth-order valence-electron chi connectivity index (χ4n) is 1.50. The Hall–Kier alpha value is -1.36. The summed E-state index contributed by atoms with van der Waals surface area (Å²) in [5, 5.41) is 3.32. The van der Waals surface area contributed by atoms with E-state index in [2.05, 4.69) is 31.1 Å². The van der Waals surface area contributed by atoms with E-state index in [-0.39, 0.29) is 11.1 Å². The molecule has 1 rings (SSSR count). The van der Waals surface area contributed by atoms with Crippen LogP contribution in [0.1, 0.15) is 26.5 Å². The van der Waals surface area contributed by atoms with E-state index in [1.165, 1.54) is 17.7 Å². The van der Waals surface area contributed by atoms with Crippen LogP contribution in [0.3, 0.4) is 0 Å². The van der Waals surface area contributed by atoms with Crippen molar-refractivity contribution >= 4 is 0 Å². The number of nitrogens with zero attached hydrogens (tertiary/aromatic N) is 2. The summed E-state index contributed by atoms with van der Waals surface area (Å²) in [5.74, 6) is 0. The van der Waals surface area contributed by atoms with E-state index in [1.807, 2.05) is 0 Å². The second kappa shape index (κ2) is 5.31. The molecule has 1 aromatic rings. The second-order valence-corrected chi connectivity index (χ2v) is 5.05. The van der Waals surface area contributed by atoms with Crippen LogP contribution in [0.5, 0.6) is 6.01 Å². The van der Waals surface area contributed by atoms with Gasteiger partial charge in [-0.15, -0.1) is 0 Å². The summed E-state index contributed by atoms with van der Waals surface area (Å²) in [7, 11) is 1.52. The molecule has 5 nitrogen and oxygen atoms in total. The number of hydrogen-bond acceptors (Lipinski definition) is 4. The van der Waals surface area contributed by atoms with Gasteiger partial charge in [-0.2, -0.15) is 0 Å². The Labute approximate surface area is 102 Å². The van der Waals surface area contributed by atoms with Crippen molar-refractivity contribution in [1.29, 1.82) is 0 Å². The number of hydrogen-bond donors (Lipinski definition) is 1. The van der Waals surface area contributed by atoms with Crippen LogP contribution in [-0.4, -0.2) is 28.7 Å². The van der Waals surface area contributed by atoms with E-state index in [1.54, 1.807) is 6.92 Å². The summed E-state index contributed by atoms with van der Waals surface area (Å²) < 4.78 is 6.65. The van der Waals surface area contributed by atoms with Crippen molar-refractivity contribution in [2.75, 3.05) is 13.7 Å². The molecule has 1 heterocycles. The molecule has 0 spiro atoms. The highest BCUT2D eigenvalue weighted by Gasteiger charge is 2.10. The molecule has 0 radical (unpaired) electrons. The van der Waals surface area contributed by atoms with Crippen LogP contribution in [0, 0.1) is 6.92 Å². The Morgan fingerprint density at radius 2 is 2.12 bits per heavy atom. The third-order valence-electron chi connectivity index (χ3n) is 2.27. The minimum Gasteiger partial charge on any atom is -0.468 e. The maximum Gasteiger partial charge on any atom is 0.299 e. The maximum atomic E-state index is 11.8. The van der Waals surface area contributed by atoms with E-state index in [0.717, 1.165) is 0 Å². The van der Waals surface area contributed by atoms with Crippen LogP contribution in [0.4, 0.5) is 0 Å². The normalized spacial score (nSPS) is 11.6. The molecular formula is C12H21N3O2. The van der Waals surface area contributed by atoms with Crippen molar-refractivity contribution in [3.8, 4) is 6.01 Å². The predicted molar refractivity (Wildman–Crippen MR) is 67.5 cm³/mol. The number of rotatable bonds is 4. The predicted octanol–water partition coefficient (Wildman–Crippen LogP) is 0.948. The minimum absolute atomic E-state index is 0.0367. The largest absolute Gasteiger partial charge is 0.468 e. The summed E-state index contributed by atoms with van der Waals surface area (Å²) in [6.07, 6.45) is 0. The number of aryl methyl sites for hydroxylation is 1. The van der Waals surface area contributed by atoms with Gasteiger partial charge < -0.3 is 10.1 Å². The summed E-state index contributed by atoms with van der Waals surface area (Å²) in [6.45, 7) is 9.28. The standard InChI is InChI=1S/C12H21N3O2/c1-9-8-10(16)15(11(14-9)17-5)7-6-13-12(2,3)4/h8,13H,6-7H2,1-5H3. The Kier molecular flexibility index (Phi) is 4.28. The Morgan fingerprint density at radius 3 is 2.65 bits per heavy atom. The lowest BCUT2D eigenvalue weighted by Crippen LogP contribution is -2.39. The molecule has 0 atom stereocenters. The fraction of sp³-hybridized carbons (Fsp3) is 0.667. The average Bonchev–Trinajstić information content (AvgIpc) is 2.18. The minimum atomic E-state index is -0.0786. The third kappa shape index (κ3) is 4.19. The molecule has 0 fully saturated rings. The van der Waals surface area contributed by atoms with Crippen molar-refractivity contribution in [2.24, 2.45) is 0 Å². The van der Waals surface area contributed by atoms with E-state index >= 15 is 0 Å². The zero-order chi connectivity index (χ0) is 13.1. The second-order valence-electron chi connectivity index (χ2n) is 5.05. The van der Waals surface area contributed by atoms with Crippen molar-refractivity contribution in [1.82, 2.24) is 14.9 Å². The highest BCUT2D eigenvalue weighted by molar-refractivity contribution is 5.06. The van der Waals surface area contributed by atoms with Crippen LogP contribution in [0.15, 0.2) is 10.9 Å². The van der Waals surface area contributed by atoms with Crippen LogP contribution in [0.2, 0.25) is 0 Å².